The molecule has 0 radical (unpaired) electrons. The molecule has 3 fully saturated rings. The highest BCUT2D eigenvalue weighted by molar-refractivity contribution is 6.39. The fraction of sp³-hybridized carbons (Fsp3) is 0.736. The van der Waals surface area contributed by atoms with Crippen LogP contribution >= 0.6 is 0 Å². The van der Waals surface area contributed by atoms with Crippen LogP contribution in [-0.4, -0.2) is 130 Å². The van der Waals surface area contributed by atoms with Crippen LogP contribution in [0, 0.1) is 41.4 Å². The van der Waals surface area contributed by atoms with Crippen molar-refractivity contribution in [3.05, 3.63) is 53.9 Å². The number of tetrazole rings is 1. The lowest BCUT2D eigenvalue weighted by Crippen LogP contribution is -2.61. The van der Waals surface area contributed by atoms with Gasteiger partial charge in [0, 0.05) is 64.4 Å². The molecule has 5 rings (SSSR count). The number of Topliss-reactive ketones (excluding diaryl/α,β-unsaturated/α-hetero) is 3. The van der Waals surface area contributed by atoms with Gasteiger partial charge in [0.2, 0.25) is 5.79 Å². The minimum Gasteiger partial charge on any atom is -0.460 e. The van der Waals surface area contributed by atoms with Crippen LogP contribution in [0.2, 0.25) is 0 Å². The van der Waals surface area contributed by atoms with Gasteiger partial charge in [0.05, 0.1) is 24.4 Å². The van der Waals surface area contributed by atoms with E-state index in [0.29, 0.717) is 51.4 Å². The maximum Gasteiger partial charge on any atom is 0.329 e. The third-order valence-corrected chi connectivity index (χ3v) is 15.6. The zero-order valence-electron chi connectivity index (χ0n) is 43.1. The van der Waals surface area contributed by atoms with E-state index in [-0.39, 0.29) is 72.7 Å². The van der Waals surface area contributed by atoms with Gasteiger partial charge < -0.3 is 33.7 Å². The molecule has 1 aromatic rings. The van der Waals surface area contributed by atoms with Crippen molar-refractivity contribution in [3.8, 4) is 0 Å². The largest absolute Gasteiger partial charge is 0.460 e. The molecule has 1 aromatic heterocycles. The summed E-state index contributed by atoms with van der Waals surface area (Å²) >= 11 is 0. The molecule has 0 aromatic carbocycles. The van der Waals surface area contributed by atoms with E-state index in [9.17, 15) is 29.1 Å². The highest BCUT2D eigenvalue weighted by Crippen LogP contribution is 2.39. The Balaban J connectivity index is 1.46. The smallest absolute Gasteiger partial charge is 0.329 e. The predicted octanol–water partition coefficient (Wildman–Crippen LogP) is 7.32. The third kappa shape index (κ3) is 14.2. The summed E-state index contributed by atoms with van der Waals surface area (Å²) in [4.78, 5) is 74.2. The number of allylic oxidation sites excluding steroid dienone is 6. The number of fused-ring (bicyclic) bond motifs is 3. The number of rotatable bonds is 7. The lowest BCUT2D eigenvalue weighted by Gasteiger charge is -2.42. The van der Waals surface area contributed by atoms with Gasteiger partial charge in [0.15, 0.2) is 12.1 Å². The molecule has 1 aliphatic carbocycles. The SMILES string of the molecule is CO[C@H]1CC2CC[C@@H](C)[C@@](O)(O2)C(=O)C(=O)N2CCCCC2C(=O)O[C@H]([C@H](C)C[C@@H]2CC[C@H](n3ncnn3)[C@H](OC)C2)CC(=O)[C@H](C)/C=C(\C)[C@@H](C)[C@@H](OC)C(=O)[C@H](C)C[C@H](C)/C=C/C=CC=C1C. The Hall–Kier alpha value is -4.22. The minimum atomic E-state index is -2.41. The number of cyclic esters (lactones) is 1. The summed E-state index contributed by atoms with van der Waals surface area (Å²) in [6, 6.07) is -1.19. The minimum absolute atomic E-state index is 0.00414. The van der Waals surface area contributed by atoms with Gasteiger partial charge in [0.25, 0.3) is 11.7 Å². The van der Waals surface area contributed by atoms with E-state index in [1.807, 2.05) is 71.9 Å². The molecule has 4 aliphatic rings. The molecule has 1 N–H and O–H groups in total. The van der Waals surface area contributed by atoms with Crippen molar-refractivity contribution in [2.45, 2.75) is 181 Å². The van der Waals surface area contributed by atoms with Crippen molar-refractivity contribution in [3.63, 3.8) is 0 Å². The van der Waals surface area contributed by atoms with Gasteiger partial charge in [-0.25, -0.2) is 4.79 Å². The summed E-state index contributed by atoms with van der Waals surface area (Å²) < 4.78 is 30.2. The summed E-state index contributed by atoms with van der Waals surface area (Å²) in [5.41, 5.74) is 1.74. The Morgan fingerprint density at radius 3 is 2.30 bits per heavy atom. The second-order valence-electron chi connectivity index (χ2n) is 20.7. The molecule has 1 amide bonds. The summed E-state index contributed by atoms with van der Waals surface area (Å²) in [5, 5.41) is 24.3. The number of carbonyl (C=O) groups excluding carboxylic acids is 5. The van der Waals surface area contributed by atoms with Gasteiger partial charge in [-0.05, 0) is 107 Å². The number of methoxy groups -OCH3 is 3. The molecule has 3 aliphatic heterocycles. The number of piperidine rings is 1. The molecule has 2 saturated heterocycles. The average molecular weight is 964 g/mol. The topological polar surface area (TPSA) is 199 Å². The van der Waals surface area contributed by atoms with Crippen LogP contribution in [0.1, 0.15) is 138 Å². The zero-order valence-corrected chi connectivity index (χ0v) is 43.1. The van der Waals surface area contributed by atoms with Crippen molar-refractivity contribution in [2.75, 3.05) is 27.9 Å². The Morgan fingerprint density at radius 1 is 0.870 bits per heavy atom. The maximum atomic E-state index is 14.5. The van der Waals surface area contributed by atoms with Gasteiger partial charge in [0.1, 0.15) is 24.0 Å². The monoisotopic (exact) mass is 964 g/mol. The quantitative estimate of drug-likeness (QED) is 0.162. The Kier molecular flexibility index (Phi) is 20.8. The van der Waals surface area contributed by atoms with Crippen LogP contribution in [-0.2, 0) is 47.7 Å². The van der Waals surface area contributed by atoms with Crippen LogP contribution in [0.15, 0.2) is 53.9 Å². The number of ketones is 3. The van der Waals surface area contributed by atoms with Gasteiger partial charge in [-0.3, -0.25) is 19.2 Å². The Bertz CT molecular complexity index is 2020. The van der Waals surface area contributed by atoms with Crippen molar-refractivity contribution >= 4 is 29.2 Å². The second-order valence-corrected chi connectivity index (χ2v) is 20.7. The molecule has 0 spiro atoms. The molecule has 384 valence electrons. The van der Waals surface area contributed by atoms with Crippen LogP contribution in [0.4, 0.5) is 0 Å². The molecule has 1 saturated carbocycles. The number of esters is 1. The van der Waals surface area contributed by atoms with E-state index in [4.69, 9.17) is 23.7 Å². The van der Waals surface area contributed by atoms with E-state index in [0.717, 1.165) is 24.0 Å². The first kappa shape index (κ1) is 55.7. The second kappa shape index (κ2) is 25.8. The van der Waals surface area contributed by atoms with Crippen molar-refractivity contribution in [1.29, 1.82) is 0 Å². The normalized spacial score (nSPS) is 37.5. The first-order valence-corrected chi connectivity index (χ1v) is 25.4. The molecule has 16 nitrogen and oxygen atoms in total. The first-order valence-electron chi connectivity index (χ1n) is 25.4. The fourth-order valence-corrected chi connectivity index (χ4v) is 10.9. The van der Waals surface area contributed by atoms with Crippen molar-refractivity contribution in [2.24, 2.45) is 41.4 Å². The van der Waals surface area contributed by atoms with Crippen molar-refractivity contribution < 1.29 is 52.8 Å². The molecular formula is C53H81N5O11. The van der Waals surface area contributed by atoms with E-state index in [1.165, 1.54) is 11.2 Å². The van der Waals surface area contributed by atoms with E-state index < -0.39 is 65.7 Å². The number of ether oxygens (including phenoxy) is 5. The van der Waals surface area contributed by atoms with Crippen molar-refractivity contribution in [1.82, 2.24) is 25.1 Å². The number of hydrogen-bond acceptors (Lipinski definition) is 14. The zero-order chi connectivity index (χ0) is 50.6. The summed E-state index contributed by atoms with van der Waals surface area (Å²) in [7, 11) is 4.81. The number of nitrogens with zero attached hydrogens (tertiary/aromatic N) is 5. The highest BCUT2D eigenvalue weighted by atomic mass is 16.6. The average Bonchev–Trinajstić information content (AvgIpc) is 3.88. The van der Waals surface area contributed by atoms with Gasteiger partial charge in [-0.2, -0.15) is 4.80 Å². The van der Waals surface area contributed by atoms with Crippen LogP contribution in [0.3, 0.4) is 0 Å². The fourth-order valence-electron chi connectivity index (χ4n) is 10.9. The predicted molar refractivity (Wildman–Crippen MR) is 259 cm³/mol. The molecule has 4 heterocycles. The molecule has 15 atom stereocenters. The highest BCUT2D eigenvalue weighted by Gasteiger charge is 2.53. The van der Waals surface area contributed by atoms with E-state index >= 15 is 0 Å². The Labute approximate surface area is 410 Å². The lowest BCUT2D eigenvalue weighted by molar-refractivity contribution is -0.265. The number of carbonyl (C=O) groups is 5. The summed E-state index contributed by atoms with van der Waals surface area (Å²) in [5.74, 6) is -7.29. The summed E-state index contributed by atoms with van der Waals surface area (Å²) in [6.45, 7) is 15.4. The molecule has 16 heteroatoms. The Morgan fingerprint density at radius 2 is 1.62 bits per heavy atom. The third-order valence-electron chi connectivity index (χ3n) is 15.6. The molecule has 2 unspecified atom stereocenters. The number of hydrogen-bond donors (Lipinski definition) is 1. The molecule has 2 bridgehead atoms. The number of aliphatic hydroxyl groups is 1. The maximum absolute atomic E-state index is 14.5. The first-order chi connectivity index (χ1) is 32.8. The summed E-state index contributed by atoms with van der Waals surface area (Å²) in [6.07, 6.45) is 16.4. The standard InChI is InChI=1S/C53H81N5O11/c1-32-17-13-12-14-18-33(2)45(65-9)29-41-22-20-38(7)53(64,69-41)50(61)51(62)57-24-16-15-19-43(57)52(63)68-46(36(5)27-40-21-23-42(47(28-40)66-10)58-55-31-54-56-58)30-44(59)35(4)26-34(3)39(8)49(67-11)48(60)37(6)25-32/h12-14,17-18,26,31-32,35-43,45-47,49,64H,15-16,19-25,27-30H2,1-11H3/b14-12?,17-13+,33-18?,34-26+/t32-,35-,36-,37-,38-,39-,40+,41?,42+,43?,45+,46+,47-,49-,53-/m1/s1. The van der Waals surface area contributed by atoms with E-state index in [1.54, 1.807) is 33.0 Å². The van der Waals surface area contributed by atoms with E-state index in [2.05, 4.69) is 28.4 Å². The lowest BCUT2D eigenvalue weighted by atomic mass is 9.77. The molecular weight excluding hydrogens is 883 g/mol. The number of amides is 1. The van der Waals surface area contributed by atoms with Gasteiger partial charge in [-0.1, -0.05) is 83.6 Å². The van der Waals surface area contributed by atoms with Crippen LogP contribution in [0.5, 0.6) is 0 Å². The number of aromatic nitrogens is 4. The van der Waals surface area contributed by atoms with Gasteiger partial charge in [-0.15, -0.1) is 10.2 Å². The van der Waals surface area contributed by atoms with Gasteiger partial charge >= 0.3 is 5.97 Å². The molecule has 69 heavy (non-hydrogen) atoms. The van der Waals surface area contributed by atoms with Crippen LogP contribution < -0.4 is 0 Å². The van der Waals surface area contributed by atoms with Crippen LogP contribution in [0.25, 0.3) is 0 Å².